The highest BCUT2D eigenvalue weighted by atomic mass is 16.5. The average Bonchev–Trinajstić information content (AvgIpc) is 2.72. The first kappa shape index (κ1) is 19.9. The fourth-order valence-electron chi connectivity index (χ4n) is 2.59. The molecule has 0 atom stereocenters. The quantitative estimate of drug-likeness (QED) is 0.444. The fourth-order valence-corrected chi connectivity index (χ4v) is 2.59. The molecule has 3 aromatic rings. The summed E-state index contributed by atoms with van der Waals surface area (Å²) in [5.41, 5.74) is 8.15. The summed E-state index contributed by atoms with van der Waals surface area (Å²) in [6.45, 7) is 1.79. The van der Waals surface area contributed by atoms with E-state index in [0.29, 0.717) is 5.56 Å². The van der Waals surface area contributed by atoms with Crippen molar-refractivity contribution in [2.24, 2.45) is 0 Å². The first-order valence-corrected chi connectivity index (χ1v) is 9.08. The van der Waals surface area contributed by atoms with Gasteiger partial charge in [0.15, 0.2) is 18.2 Å². The van der Waals surface area contributed by atoms with Crippen molar-refractivity contribution in [3.8, 4) is 0 Å². The van der Waals surface area contributed by atoms with E-state index >= 15 is 0 Å². The number of esters is 1. The molecular weight excluding hydrogens is 370 g/mol. The second-order valence-corrected chi connectivity index (χ2v) is 6.32. The summed E-state index contributed by atoms with van der Waals surface area (Å²) in [4.78, 5) is 36.3. The molecule has 0 aliphatic carbocycles. The van der Waals surface area contributed by atoms with Crippen LogP contribution in [-0.4, -0.2) is 26.7 Å². The smallest absolute Gasteiger partial charge is 0.306 e. The molecule has 0 saturated carbocycles. The molecule has 29 heavy (non-hydrogen) atoms. The minimum absolute atomic E-state index is 0.0152. The number of nitrogens with one attached hydrogen (secondary N) is 1. The van der Waals surface area contributed by atoms with Gasteiger partial charge in [-0.25, -0.2) is 0 Å². The van der Waals surface area contributed by atoms with Crippen molar-refractivity contribution in [3.63, 3.8) is 0 Å². The second-order valence-electron chi connectivity index (χ2n) is 6.32. The number of anilines is 3. The van der Waals surface area contributed by atoms with Crippen LogP contribution in [0, 0.1) is 6.92 Å². The van der Waals surface area contributed by atoms with Gasteiger partial charge in [-0.3, -0.25) is 9.59 Å². The molecule has 2 aromatic carbocycles. The van der Waals surface area contributed by atoms with Gasteiger partial charge in [0.2, 0.25) is 11.9 Å². The first-order chi connectivity index (χ1) is 14.0. The third kappa shape index (κ3) is 5.83. The Bertz CT molecular complexity index is 1010. The Labute approximate surface area is 168 Å². The Morgan fingerprint density at radius 2 is 1.69 bits per heavy atom. The summed E-state index contributed by atoms with van der Waals surface area (Å²) >= 11 is 0. The fraction of sp³-hybridized carbons (Fsp3) is 0.190. The average molecular weight is 391 g/mol. The molecule has 0 spiro atoms. The second kappa shape index (κ2) is 9.41. The van der Waals surface area contributed by atoms with E-state index in [1.54, 1.807) is 24.3 Å². The Morgan fingerprint density at radius 3 is 2.45 bits per heavy atom. The third-order valence-electron chi connectivity index (χ3n) is 4.10. The molecule has 1 heterocycles. The van der Waals surface area contributed by atoms with Gasteiger partial charge in [-0.1, -0.05) is 48.5 Å². The Morgan fingerprint density at radius 1 is 0.966 bits per heavy atom. The summed E-state index contributed by atoms with van der Waals surface area (Å²) in [5.74, 6) is -0.131. The molecule has 3 N–H and O–H groups in total. The van der Waals surface area contributed by atoms with Crippen molar-refractivity contribution in [3.05, 3.63) is 71.5 Å². The molecule has 0 saturated heterocycles. The Hall–Kier alpha value is -3.81. The van der Waals surface area contributed by atoms with Crippen LogP contribution in [0.3, 0.4) is 0 Å². The number of Topliss-reactive ketones (excluding diaryl/α,β-unsaturated/α-hetero) is 1. The van der Waals surface area contributed by atoms with Crippen molar-refractivity contribution in [2.45, 2.75) is 26.4 Å². The lowest BCUT2D eigenvalue weighted by molar-refractivity contribution is -0.145. The van der Waals surface area contributed by atoms with E-state index in [1.165, 1.54) is 0 Å². The minimum atomic E-state index is -0.512. The van der Waals surface area contributed by atoms with E-state index < -0.39 is 5.97 Å². The maximum atomic E-state index is 12.0. The van der Waals surface area contributed by atoms with Gasteiger partial charge >= 0.3 is 5.97 Å². The van der Waals surface area contributed by atoms with Crippen LogP contribution in [0.1, 0.15) is 34.6 Å². The number of nitrogens with two attached hydrogens (primary N) is 1. The molecule has 0 aliphatic rings. The van der Waals surface area contributed by atoms with Crippen LogP contribution >= 0.6 is 0 Å². The number of aryl methyl sites for hydroxylation is 1. The van der Waals surface area contributed by atoms with E-state index in [0.717, 1.165) is 11.3 Å². The van der Waals surface area contributed by atoms with Crippen molar-refractivity contribution in [1.29, 1.82) is 0 Å². The van der Waals surface area contributed by atoms with Crippen LogP contribution < -0.4 is 11.1 Å². The maximum Gasteiger partial charge on any atom is 0.306 e. The van der Waals surface area contributed by atoms with Gasteiger partial charge < -0.3 is 15.8 Å². The van der Waals surface area contributed by atoms with Crippen LogP contribution in [0.5, 0.6) is 0 Å². The highest BCUT2D eigenvalue weighted by Crippen LogP contribution is 2.18. The molecule has 1 aromatic heterocycles. The van der Waals surface area contributed by atoms with Gasteiger partial charge in [-0.05, 0) is 18.6 Å². The van der Waals surface area contributed by atoms with Crippen molar-refractivity contribution >= 4 is 29.3 Å². The number of carbonyl (C=O) groups is 2. The van der Waals surface area contributed by atoms with Crippen molar-refractivity contribution < 1.29 is 14.3 Å². The lowest BCUT2D eigenvalue weighted by Gasteiger charge is -2.09. The number of carbonyl (C=O) groups excluding carboxylic acids is 2. The van der Waals surface area contributed by atoms with Crippen molar-refractivity contribution in [1.82, 2.24) is 15.0 Å². The number of ketones is 1. The molecule has 0 aliphatic heterocycles. The molecular formula is C21H21N5O3. The van der Waals surface area contributed by atoms with Gasteiger partial charge in [0.25, 0.3) is 0 Å². The van der Waals surface area contributed by atoms with E-state index in [9.17, 15) is 9.59 Å². The summed E-state index contributed by atoms with van der Waals surface area (Å²) < 4.78 is 5.17. The van der Waals surface area contributed by atoms with Gasteiger partial charge in [0, 0.05) is 17.7 Å². The highest BCUT2D eigenvalue weighted by Gasteiger charge is 2.12. The van der Waals surface area contributed by atoms with E-state index in [4.69, 9.17) is 10.5 Å². The molecule has 0 unspecified atom stereocenters. The summed E-state index contributed by atoms with van der Waals surface area (Å²) in [5, 5.41) is 3.07. The summed E-state index contributed by atoms with van der Waals surface area (Å²) in [6.07, 6.45) is 0.0465. The normalized spacial score (nSPS) is 10.4. The van der Waals surface area contributed by atoms with E-state index in [-0.39, 0.29) is 43.0 Å². The van der Waals surface area contributed by atoms with Gasteiger partial charge in [-0.15, -0.1) is 0 Å². The molecule has 148 valence electrons. The first-order valence-electron chi connectivity index (χ1n) is 9.08. The number of nitrogen functional groups attached to an aromatic ring is 1. The van der Waals surface area contributed by atoms with Crippen LogP contribution in [0.25, 0.3) is 0 Å². The molecule has 8 heteroatoms. The third-order valence-corrected chi connectivity index (χ3v) is 4.10. The molecule has 0 fully saturated rings. The zero-order valence-electron chi connectivity index (χ0n) is 16.0. The maximum absolute atomic E-state index is 12.0. The monoisotopic (exact) mass is 391 g/mol. The number of para-hydroxylation sites is 1. The zero-order chi connectivity index (χ0) is 20.6. The number of ether oxygens (including phenoxy) is 1. The standard InChI is InChI=1S/C21H21N5O3/c1-14-7-5-6-10-16(14)23-21-25-18(24-20(22)26-21)13-29-19(28)12-11-17(27)15-8-3-2-4-9-15/h2-10H,11-13H2,1H3,(H3,22,23,24,25,26). The molecule has 8 nitrogen and oxygen atoms in total. The zero-order valence-corrected chi connectivity index (χ0v) is 16.0. The lowest BCUT2D eigenvalue weighted by Crippen LogP contribution is -2.12. The van der Waals surface area contributed by atoms with Crippen LogP contribution in [0.15, 0.2) is 54.6 Å². The number of hydrogen-bond acceptors (Lipinski definition) is 8. The summed E-state index contributed by atoms with van der Waals surface area (Å²) in [7, 11) is 0. The largest absolute Gasteiger partial charge is 0.457 e. The van der Waals surface area contributed by atoms with E-state index in [2.05, 4.69) is 20.3 Å². The predicted octanol–water partition coefficient (Wildman–Crippen LogP) is 3.21. The molecule has 0 radical (unpaired) electrons. The lowest BCUT2D eigenvalue weighted by atomic mass is 10.1. The van der Waals surface area contributed by atoms with Crippen molar-refractivity contribution in [2.75, 3.05) is 11.1 Å². The SMILES string of the molecule is Cc1ccccc1Nc1nc(N)nc(COC(=O)CCC(=O)c2ccccc2)n1. The van der Waals surface area contributed by atoms with Crippen LogP contribution in [0.2, 0.25) is 0 Å². The summed E-state index contributed by atoms with van der Waals surface area (Å²) in [6, 6.07) is 16.5. The Balaban J connectivity index is 1.55. The van der Waals surface area contributed by atoms with Crippen LogP contribution in [0.4, 0.5) is 17.6 Å². The van der Waals surface area contributed by atoms with Gasteiger partial charge in [-0.2, -0.15) is 15.0 Å². The van der Waals surface area contributed by atoms with Crippen LogP contribution in [-0.2, 0) is 16.1 Å². The number of benzene rings is 2. The number of hydrogen-bond donors (Lipinski definition) is 2. The molecule has 3 rings (SSSR count). The minimum Gasteiger partial charge on any atom is -0.457 e. The Kier molecular flexibility index (Phi) is 6.47. The van der Waals surface area contributed by atoms with E-state index in [1.807, 2.05) is 37.3 Å². The number of aromatic nitrogens is 3. The molecule has 0 amide bonds. The topological polar surface area (TPSA) is 120 Å². The predicted molar refractivity (Wildman–Crippen MR) is 109 cm³/mol. The highest BCUT2D eigenvalue weighted by molar-refractivity contribution is 5.97. The van der Waals surface area contributed by atoms with Gasteiger partial charge in [0.05, 0.1) is 6.42 Å². The molecule has 0 bridgehead atoms. The number of nitrogens with zero attached hydrogens (tertiary/aromatic N) is 3. The van der Waals surface area contributed by atoms with Gasteiger partial charge in [0.1, 0.15) is 0 Å². The number of rotatable bonds is 8.